The first-order chi connectivity index (χ1) is 8.27. The fourth-order valence-electron chi connectivity index (χ4n) is 2.05. The molecule has 2 N–H and O–H groups in total. The highest BCUT2D eigenvalue weighted by atomic mass is 35.5. The highest BCUT2D eigenvalue weighted by Gasteiger charge is 2.11. The Morgan fingerprint density at radius 1 is 1.44 bits per heavy atom. The van der Waals surface area contributed by atoms with Crippen molar-refractivity contribution in [2.75, 3.05) is 39.3 Å². The van der Waals surface area contributed by atoms with E-state index in [9.17, 15) is 4.79 Å². The Hall–Kier alpha value is -1.04. The molecule has 1 amide bonds. The van der Waals surface area contributed by atoms with Gasteiger partial charge in [0.05, 0.1) is 0 Å². The Morgan fingerprint density at radius 2 is 2.17 bits per heavy atom. The summed E-state index contributed by atoms with van der Waals surface area (Å²) >= 11 is 0. The minimum atomic E-state index is 0. The number of aromatic nitrogens is 1. The topological polar surface area (TPSA) is 49.3 Å². The first-order valence-electron chi connectivity index (χ1n) is 6.10. The first kappa shape index (κ1) is 15.0. The lowest BCUT2D eigenvalue weighted by atomic mass is 10.3. The maximum absolute atomic E-state index is 11.8. The van der Waals surface area contributed by atoms with E-state index in [0.29, 0.717) is 12.2 Å². The molecule has 1 fully saturated rings. The zero-order valence-corrected chi connectivity index (χ0v) is 11.5. The minimum absolute atomic E-state index is 0. The number of aryl methyl sites for hydroxylation is 1. The second-order valence-corrected chi connectivity index (χ2v) is 4.35. The summed E-state index contributed by atoms with van der Waals surface area (Å²) in [4.78, 5) is 14.2. The largest absolute Gasteiger partial charge is 0.349 e. The first-order valence-corrected chi connectivity index (χ1v) is 6.10. The van der Waals surface area contributed by atoms with Gasteiger partial charge in [-0.2, -0.15) is 0 Å². The quantitative estimate of drug-likeness (QED) is 0.816. The van der Waals surface area contributed by atoms with Crippen LogP contribution in [0.25, 0.3) is 0 Å². The molecule has 1 aliphatic heterocycles. The van der Waals surface area contributed by atoms with E-state index in [1.165, 1.54) is 0 Å². The third kappa shape index (κ3) is 4.01. The van der Waals surface area contributed by atoms with Gasteiger partial charge in [-0.05, 0) is 12.1 Å². The van der Waals surface area contributed by atoms with Gasteiger partial charge >= 0.3 is 0 Å². The molecule has 102 valence electrons. The Balaban J connectivity index is 0.00000162. The summed E-state index contributed by atoms with van der Waals surface area (Å²) < 4.78 is 1.83. The van der Waals surface area contributed by atoms with Gasteiger partial charge in [-0.1, -0.05) is 0 Å². The van der Waals surface area contributed by atoms with E-state index in [4.69, 9.17) is 0 Å². The van der Waals surface area contributed by atoms with Gasteiger partial charge in [0, 0.05) is 52.5 Å². The second-order valence-electron chi connectivity index (χ2n) is 4.35. The molecule has 1 saturated heterocycles. The number of piperazine rings is 1. The molecule has 0 radical (unpaired) electrons. The normalized spacial score (nSPS) is 16.1. The highest BCUT2D eigenvalue weighted by molar-refractivity contribution is 5.92. The Labute approximate surface area is 114 Å². The molecule has 0 unspecified atom stereocenters. The molecule has 1 aliphatic rings. The fraction of sp³-hybridized carbons (Fsp3) is 0.583. The Morgan fingerprint density at radius 3 is 2.78 bits per heavy atom. The van der Waals surface area contributed by atoms with Crippen molar-refractivity contribution in [3.8, 4) is 0 Å². The number of carbonyl (C=O) groups is 1. The third-order valence-electron chi connectivity index (χ3n) is 3.10. The Kier molecular flexibility index (Phi) is 6.18. The molecule has 1 aromatic rings. The van der Waals surface area contributed by atoms with E-state index in [1.54, 1.807) is 0 Å². The molecule has 2 rings (SSSR count). The van der Waals surface area contributed by atoms with Gasteiger partial charge in [0.2, 0.25) is 0 Å². The molecular weight excluding hydrogens is 252 g/mol. The van der Waals surface area contributed by atoms with Crippen LogP contribution in [0.5, 0.6) is 0 Å². The molecule has 0 atom stereocenters. The van der Waals surface area contributed by atoms with Gasteiger partial charge in [0.15, 0.2) is 0 Å². The van der Waals surface area contributed by atoms with Crippen LogP contribution < -0.4 is 10.6 Å². The van der Waals surface area contributed by atoms with Crippen LogP contribution in [-0.4, -0.2) is 54.6 Å². The van der Waals surface area contributed by atoms with Gasteiger partial charge in [0.1, 0.15) is 5.69 Å². The highest BCUT2D eigenvalue weighted by Crippen LogP contribution is 1.98. The van der Waals surface area contributed by atoms with Crippen molar-refractivity contribution in [2.24, 2.45) is 7.05 Å². The summed E-state index contributed by atoms with van der Waals surface area (Å²) in [6.07, 6.45) is 1.88. The van der Waals surface area contributed by atoms with Crippen LogP contribution >= 0.6 is 12.4 Å². The number of amides is 1. The lowest BCUT2D eigenvalue weighted by Gasteiger charge is -2.27. The van der Waals surface area contributed by atoms with Crippen molar-refractivity contribution >= 4 is 18.3 Å². The standard InChI is InChI=1S/C12H20N4O.ClH/c1-15-7-2-3-11(15)12(17)14-6-10-16-8-4-13-5-9-16;/h2-3,7,13H,4-6,8-10H2,1H3,(H,14,17);1H. The summed E-state index contributed by atoms with van der Waals surface area (Å²) in [6.45, 7) is 5.87. The van der Waals surface area contributed by atoms with E-state index >= 15 is 0 Å². The fourth-order valence-corrected chi connectivity index (χ4v) is 2.05. The van der Waals surface area contributed by atoms with Gasteiger partial charge in [-0.25, -0.2) is 0 Å². The predicted molar refractivity (Wildman–Crippen MR) is 74.3 cm³/mol. The second kappa shape index (κ2) is 7.41. The van der Waals surface area contributed by atoms with E-state index in [0.717, 1.165) is 32.7 Å². The van der Waals surface area contributed by atoms with Gasteiger partial charge < -0.3 is 15.2 Å². The summed E-state index contributed by atoms with van der Waals surface area (Å²) in [7, 11) is 1.88. The zero-order chi connectivity index (χ0) is 12.1. The molecule has 0 spiro atoms. The van der Waals surface area contributed by atoms with E-state index in [2.05, 4.69) is 15.5 Å². The molecule has 1 aromatic heterocycles. The van der Waals surface area contributed by atoms with Crippen LogP contribution in [-0.2, 0) is 7.05 Å². The van der Waals surface area contributed by atoms with E-state index in [1.807, 2.05) is 29.9 Å². The summed E-state index contributed by atoms with van der Waals surface area (Å²) in [5, 5.41) is 6.26. The summed E-state index contributed by atoms with van der Waals surface area (Å²) in [5.74, 6) is 0.00707. The SMILES string of the molecule is Cl.Cn1cccc1C(=O)NCCN1CCNCC1. The molecule has 0 saturated carbocycles. The van der Waals surface area contributed by atoms with Crippen LogP contribution in [0.2, 0.25) is 0 Å². The van der Waals surface area contributed by atoms with Gasteiger partial charge in [0.25, 0.3) is 5.91 Å². The van der Waals surface area contributed by atoms with Crippen molar-refractivity contribution in [1.29, 1.82) is 0 Å². The molecular formula is C12H21ClN4O. The molecule has 2 heterocycles. The number of halogens is 1. The van der Waals surface area contributed by atoms with E-state index in [-0.39, 0.29) is 18.3 Å². The monoisotopic (exact) mass is 272 g/mol. The average Bonchev–Trinajstić information content (AvgIpc) is 2.77. The number of hydrogen-bond acceptors (Lipinski definition) is 3. The number of rotatable bonds is 4. The lowest BCUT2D eigenvalue weighted by Crippen LogP contribution is -2.46. The molecule has 18 heavy (non-hydrogen) atoms. The van der Waals surface area contributed by atoms with Crippen LogP contribution in [0, 0.1) is 0 Å². The van der Waals surface area contributed by atoms with Gasteiger partial charge in [-0.15, -0.1) is 12.4 Å². The van der Waals surface area contributed by atoms with E-state index < -0.39 is 0 Å². The van der Waals surface area contributed by atoms with Crippen molar-refractivity contribution < 1.29 is 4.79 Å². The molecule has 0 bridgehead atoms. The summed E-state index contributed by atoms with van der Waals surface area (Å²) in [6, 6.07) is 3.71. The van der Waals surface area contributed by atoms with Crippen LogP contribution in [0.3, 0.4) is 0 Å². The van der Waals surface area contributed by atoms with Crippen LogP contribution in [0.4, 0.5) is 0 Å². The molecule has 6 heteroatoms. The van der Waals surface area contributed by atoms with Crippen LogP contribution in [0.1, 0.15) is 10.5 Å². The van der Waals surface area contributed by atoms with Crippen molar-refractivity contribution in [2.45, 2.75) is 0 Å². The maximum Gasteiger partial charge on any atom is 0.267 e. The van der Waals surface area contributed by atoms with Crippen molar-refractivity contribution in [1.82, 2.24) is 20.1 Å². The summed E-state index contributed by atoms with van der Waals surface area (Å²) in [5.41, 5.74) is 0.713. The predicted octanol–water partition coefficient (Wildman–Crippen LogP) is 0.0819. The zero-order valence-electron chi connectivity index (χ0n) is 10.7. The molecule has 0 aromatic carbocycles. The Bertz CT molecular complexity index is 374. The number of hydrogen-bond donors (Lipinski definition) is 2. The average molecular weight is 273 g/mol. The van der Waals surface area contributed by atoms with Crippen molar-refractivity contribution in [3.05, 3.63) is 24.0 Å². The smallest absolute Gasteiger partial charge is 0.267 e. The number of nitrogens with zero attached hydrogens (tertiary/aromatic N) is 2. The maximum atomic E-state index is 11.8. The molecule has 5 nitrogen and oxygen atoms in total. The lowest BCUT2D eigenvalue weighted by molar-refractivity contribution is 0.0939. The number of nitrogens with one attached hydrogen (secondary N) is 2. The molecule has 0 aliphatic carbocycles. The third-order valence-corrected chi connectivity index (χ3v) is 3.10. The van der Waals surface area contributed by atoms with Gasteiger partial charge in [-0.3, -0.25) is 9.69 Å². The number of carbonyl (C=O) groups excluding carboxylic acids is 1. The van der Waals surface area contributed by atoms with Crippen LogP contribution in [0.15, 0.2) is 18.3 Å². The van der Waals surface area contributed by atoms with Crippen molar-refractivity contribution in [3.63, 3.8) is 0 Å². The minimum Gasteiger partial charge on any atom is -0.349 e.